The van der Waals surface area contributed by atoms with Crippen LogP contribution in [0, 0.1) is 13.8 Å². The first kappa shape index (κ1) is 15.5. The number of hydrogen-bond acceptors (Lipinski definition) is 3. The normalized spacial score (nSPS) is 11.3. The van der Waals surface area contributed by atoms with Gasteiger partial charge in [-0.05, 0) is 36.6 Å². The lowest BCUT2D eigenvalue weighted by Crippen LogP contribution is -2.38. The second-order valence-corrected chi connectivity index (χ2v) is 5.38. The van der Waals surface area contributed by atoms with Crippen molar-refractivity contribution in [1.29, 1.82) is 0 Å². The minimum absolute atomic E-state index is 0.202. The lowest BCUT2D eigenvalue weighted by molar-refractivity contribution is -0.124. The molecule has 1 rings (SSSR count). The Morgan fingerprint density at radius 1 is 1.32 bits per heavy atom. The molecule has 1 amide bonds. The number of carbonyl (C=O) groups is 1. The number of methoxy groups -OCH3 is 1. The zero-order chi connectivity index (χ0) is 14.6. The quantitative estimate of drug-likeness (QED) is 0.852. The molecule has 1 aromatic rings. The molecule has 0 fully saturated rings. The highest BCUT2D eigenvalue weighted by atomic mass is 16.5. The molecule has 0 spiro atoms. The highest BCUT2D eigenvalue weighted by Crippen LogP contribution is 2.31. The molecule has 1 aromatic carbocycles. The molecule has 0 heterocycles. The summed E-state index contributed by atoms with van der Waals surface area (Å²) >= 11 is 0. The van der Waals surface area contributed by atoms with Crippen molar-refractivity contribution in [3.05, 3.63) is 28.8 Å². The van der Waals surface area contributed by atoms with Gasteiger partial charge in [-0.1, -0.05) is 19.9 Å². The Labute approximate surface area is 114 Å². The van der Waals surface area contributed by atoms with Crippen LogP contribution in [-0.2, 0) is 10.2 Å². The van der Waals surface area contributed by atoms with Crippen LogP contribution in [0.15, 0.2) is 12.1 Å². The Morgan fingerprint density at radius 2 is 1.95 bits per heavy atom. The number of nitrogens with one attached hydrogen (secondary N) is 1. The molecule has 0 bridgehead atoms. The largest absolute Gasteiger partial charge is 0.496 e. The average molecular weight is 265 g/mol. The van der Waals surface area contributed by atoms with Gasteiger partial charge in [0, 0.05) is 12.0 Å². The molecule has 19 heavy (non-hydrogen) atoms. The van der Waals surface area contributed by atoms with Gasteiger partial charge in [-0.25, -0.2) is 0 Å². The third kappa shape index (κ3) is 3.47. The van der Waals surface area contributed by atoms with Gasteiger partial charge in [-0.2, -0.15) is 0 Å². The number of benzene rings is 1. The van der Waals surface area contributed by atoms with Crippen LogP contribution >= 0.6 is 0 Å². The molecule has 0 saturated carbocycles. The summed E-state index contributed by atoms with van der Waals surface area (Å²) in [6, 6.07) is 3.99. The molecule has 106 valence electrons. The molecular formula is C15H23NO3. The zero-order valence-electron chi connectivity index (χ0n) is 12.3. The summed E-state index contributed by atoms with van der Waals surface area (Å²) in [4.78, 5) is 11.2. The third-order valence-corrected chi connectivity index (χ3v) is 3.56. The van der Waals surface area contributed by atoms with Gasteiger partial charge in [0.15, 0.2) is 0 Å². The van der Waals surface area contributed by atoms with Crippen LogP contribution in [0.25, 0.3) is 0 Å². The molecule has 2 N–H and O–H groups in total. The van der Waals surface area contributed by atoms with Crippen molar-refractivity contribution < 1.29 is 14.6 Å². The van der Waals surface area contributed by atoms with Crippen molar-refractivity contribution in [2.45, 2.75) is 33.1 Å². The highest BCUT2D eigenvalue weighted by Gasteiger charge is 2.24. The van der Waals surface area contributed by atoms with Gasteiger partial charge in [-0.15, -0.1) is 0 Å². The first-order chi connectivity index (χ1) is 8.83. The van der Waals surface area contributed by atoms with E-state index in [-0.39, 0.29) is 11.3 Å². The van der Waals surface area contributed by atoms with E-state index in [0.29, 0.717) is 6.54 Å². The number of hydrogen-bond donors (Lipinski definition) is 2. The van der Waals surface area contributed by atoms with Gasteiger partial charge >= 0.3 is 0 Å². The van der Waals surface area contributed by atoms with Crippen LogP contribution in [0.5, 0.6) is 5.75 Å². The fourth-order valence-electron chi connectivity index (χ4n) is 2.22. The average Bonchev–Trinajstić information content (AvgIpc) is 2.38. The Kier molecular flexibility index (Phi) is 4.95. The van der Waals surface area contributed by atoms with Crippen LogP contribution in [0.3, 0.4) is 0 Å². The van der Waals surface area contributed by atoms with Crippen LogP contribution in [0.4, 0.5) is 0 Å². The summed E-state index contributed by atoms with van der Waals surface area (Å²) in [7, 11) is 1.66. The Hall–Kier alpha value is -1.55. The summed E-state index contributed by atoms with van der Waals surface area (Å²) in [5.74, 6) is 0.521. The van der Waals surface area contributed by atoms with Gasteiger partial charge in [-0.3, -0.25) is 4.79 Å². The number of aliphatic hydroxyl groups is 1. The van der Waals surface area contributed by atoms with E-state index in [0.717, 1.165) is 11.3 Å². The molecular weight excluding hydrogens is 242 g/mol. The third-order valence-electron chi connectivity index (χ3n) is 3.56. The maximum atomic E-state index is 11.2. The Bertz CT molecular complexity index is 467. The summed E-state index contributed by atoms with van der Waals surface area (Å²) in [5, 5.41) is 11.5. The van der Waals surface area contributed by atoms with Crippen molar-refractivity contribution in [1.82, 2.24) is 5.32 Å². The van der Waals surface area contributed by atoms with E-state index in [1.54, 1.807) is 7.11 Å². The van der Waals surface area contributed by atoms with Gasteiger partial charge in [0.2, 0.25) is 5.91 Å². The van der Waals surface area contributed by atoms with Crippen molar-refractivity contribution in [3.63, 3.8) is 0 Å². The van der Waals surface area contributed by atoms with E-state index in [4.69, 9.17) is 9.84 Å². The maximum absolute atomic E-state index is 11.2. The minimum atomic E-state index is -0.475. The standard InChI is InChI=1S/C15H23NO3/c1-10-11(2)13(19-5)7-6-12(10)15(3,4)9-16-14(18)8-17/h6-7,17H,8-9H2,1-5H3,(H,16,18). The van der Waals surface area contributed by atoms with Crippen LogP contribution in [0.2, 0.25) is 0 Å². The van der Waals surface area contributed by atoms with Gasteiger partial charge in [0.05, 0.1) is 7.11 Å². The summed E-state index contributed by atoms with van der Waals surface area (Å²) in [6.45, 7) is 8.23. The van der Waals surface area contributed by atoms with E-state index < -0.39 is 6.61 Å². The van der Waals surface area contributed by atoms with Crippen molar-refractivity contribution in [2.24, 2.45) is 0 Å². The Morgan fingerprint density at radius 3 is 2.47 bits per heavy atom. The van der Waals surface area contributed by atoms with Crippen molar-refractivity contribution in [2.75, 3.05) is 20.3 Å². The summed E-state index contributed by atoms with van der Waals surface area (Å²) in [5.41, 5.74) is 3.25. The van der Waals surface area contributed by atoms with Gasteiger partial charge in [0.1, 0.15) is 12.4 Å². The molecule has 0 aliphatic heterocycles. The van der Waals surface area contributed by atoms with Gasteiger partial charge in [0.25, 0.3) is 0 Å². The van der Waals surface area contributed by atoms with Crippen LogP contribution < -0.4 is 10.1 Å². The van der Waals surface area contributed by atoms with Crippen LogP contribution in [0.1, 0.15) is 30.5 Å². The number of aliphatic hydroxyl groups excluding tert-OH is 1. The molecule has 0 unspecified atom stereocenters. The number of carbonyl (C=O) groups excluding carboxylic acids is 1. The maximum Gasteiger partial charge on any atom is 0.245 e. The van der Waals surface area contributed by atoms with Gasteiger partial charge < -0.3 is 15.2 Å². The SMILES string of the molecule is COc1ccc(C(C)(C)CNC(=O)CO)c(C)c1C. The summed E-state index contributed by atoms with van der Waals surface area (Å²) in [6.07, 6.45) is 0. The highest BCUT2D eigenvalue weighted by molar-refractivity contribution is 5.77. The molecule has 4 nitrogen and oxygen atoms in total. The van der Waals surface area contributed by atoms with Crippen molar-refractivity contribution >= 4 is 5.91 Å². The molecule has 0 atom stereocenters. The smallest absolute Gasteiger partial charge is 0.245 e. The molecule has 4 heteroatoms. The topological polar surface area (TPSA) is 58.6 Å². The molecule has 0 radical (unpaired) electrons. The zero-order valence-corrected chi connectivity index (χ0v) is 12.3. The molecule has 0 aromatic heterocycles. The van der Waals surface area contributed by atoms with E-state index in [2.05, 4.69) is 26.1 Å². The predicted molar refractivity (Wildman–Crippen MR) is 75.6 cm³/mol. The predicted octanol–water partition coefficient (Wildman–Crippen LogP) is 1.70. The number of amides is 1. The first-order valence-electron chi connectivity index (χ1n) is 6.35. The molecule has 0 aliphatic rings. The second kappa shape index (κ2) is 6.06. The monoisotopic (exact) mass is 265 g/mol. The summed E-state index contributed by atoms with van der Waals surface area (Å²) < 4.78 is 5.31. The number of ether oxygens (including phenoxy) is 1. The lowest BCUT2D eigenvalue weighted by atomic mass is 9.80. The Balaban J connectivity index is 3.01. The van der Waals surface area contributed by atoms with E-state index in [9.17, 15) is 4.79 Å². The molecule has 0 saturated heterocycles. The van der Waals surface area contributed by atoms with E-state index in [1.807, 2.05) is 19.1 Å². The number of rotatable bonds is 5. The van der Waals surface area contributed by atoms with E-state index >= 15 is 0 Å². The van der Waals surface area contributed by atoms with Crippen LogP contribution in [-0.4, -0.2) is 31.3 Å². The fraction of sp³-hybridized carbons (Fsp3) is 0.533. The second-order valence-electron chi connectivity index (χ2n) is 5.38. The minimum Gasteiger partial charge on any atom is -0.496 e. The first-order valence-corrected chi connectivity index (χ1v) is 6.35. The molecule has 0 aliphatic carbocycles. The fourth-order valence-corrected chi connectivity index (χ4v) is 2.22. The van der Waals surface area contributed by atoms with Crippen molar-refractivity contribution in [3.8, 4) is 5.75 Å². The lowest BCUT2D eigenvalue weighted by Gasteiger charge is -2.28. The van der Waals surface area contributed by atoms with E-state index in [1.165, 1.54) is 11.1 Å².